The molecule has 1 unspecified atom stereocenters. The third kappa shape index (κ3) is 2.93. The second kappa shape index (κ2) is 5.40. The summed E-state index contributed by atoms with van der Waals surface area (Å²) in [6.45, 7) is 4.22. The molecule has 102 valence electrons. The number of nitrogens with one attached hydrogen (secondary N) is 1. The van der Waals surface area contributed by atoms with Gasteiger partial charge in [0.05, 0.1) is 6.04 Å². The van der Waals surface area contributed by atoms with E-state index in [0.717, 1.165) is 11.3 Å². The van der Waals surface area contributed by atoms with Crippen molar-refractivity contribution >= 4 is 17.5 Å². The molecule has 2 atom stereocenters. The number of nitrogens with zero attached hydrogens (tertiary/aromatic N) is 1. The fraction of sp³-hybridized carbons (Fsp3) is 0.429. The van der Waals surface area contributed by atoms with Gasteiger partial charge in [-0.1, -0.05) is 17.7 Å². The average Bonchev–Trinajstić information content (AvgIpc) is 2.72. The zero-order valence-electron chi connectivity index (χ0n) is 11.2. The topological polar surface area (TPSA) is 75.4 Å². The largest absolute Gasteiger partial charge is 0.343 e. The van der Waals surface area contributed by atoms with Gasteiger partial charge in [0.25, 0.3) is 0 Å². The van der Waals surface area contributed by atoms with E-state index < -0.39 is 12.1 Å². The van der Waals surface area contributed by atoms with Crippen molar-refractivity contribution in [1.82, 2.24) is 5.32 Å². The van der Waals surface area contributed by atoms with Gasteiger partial charge in [-0.15, -0.1) is 0 Å². The molecule has 1 aliphatic rings. The van der Waals surface area contributed by atoms with E-state index in [0.29, 0.717) is 13.0 Å². The van der Waals surface area contributed by atoms with Crippen LogP contribution in [0.1, 0.15) is 18.9 Å². The van der Waals surface area contributed by atoms with Crippen LogP contribution in [0, 0.1) is 6.92 Å². The third-order valence-electron chi connectivity index (χ3n) is 3.28. The maximum Gasteiger partial charge on any atom is 0.249 e. The fourth-order valence-electron chi connectivity index (χ4n) is 2.10. The third-order valence-corrected chi connectivity index (χ3v) is 3.28. The van der Waals surface area contributed by atoms with Crippen LogP contribution in [0.5, 0.6) is 0 Å². The number of carbonyl (C=O) groups is 2. The van der Waals surface area contributed by atoms with Crippen molar-refractivity contribution in [2.45, 2.75) is 32.4 Å². The highest BCUT2D eigenvalue weighted by atomic mass is 16.2. The molecule has 5 nitrogen and oxygen atoms in total. The lowest BCUT2D eigenvalue weighted by atomic mass is 10.2. The Bertz CT molecular complexity index is 482. The summed E-state index contributed by atoms with van der Waals surface area (Å²) >= 11 is 0. The van der Waals surface area contributed by atoms with Crippen molar-refractivity contribution in [1.29, 1.82) is 0 Å². The monoisotopic (exact) mass is 261 g/mol. The van der Waals surface area contributed by atoms with Gasteiger partial charge in [-0.25, -0.2) is 0 Å². The summed E-state index contributed by atoms with van der Waals surface area (Å²) in [6, 6.07) is 6.72. The van der Waals surface area contributed by atoms with Crippen LogP contribution in [0.3, 0.4) is 0 Å². The van der Waals surface area contributed by atoms with Crippen LogP contribution in [-0.2, 0) is 9.59 Å². The highest BCUT2D eigenvalue weighted by molar-refractivity contribution is 6.01. The molecule has 19 heavy (non-hydrogen) atoms. The molecule has 0 aromatic heterocycles. The van der Waals surface area contributed by atoms with Gasteiger partial charge >= 0.3 is 0 Å². The molecule has 0 spiro atoms. The van der Waals surface area contributed by atoms with Gasteiger partial charge in [-0.3, -0.25) is 9.59 Å². The van der Waals surface area contributed by atoms with Crippen LogP contribution >= 0.6 is 0 Å². The number of benzene rings is 1. The summed E-state index contributed by atoms with van der Waals surface area (Å²) in [7, 11) is 0. The highest BCUT2D eigenvalue weighted by Gasteiger charge is 2.33. The average molecular weight is 261 g/mol. The first-order chi connectivity index (χ1) is 8.99. The molecule has 0 radical (unpaired) electrons. The summed E-state index contributed by atoms with van der Waals surface area (Å²) in [5.74, 6) is -0.359. The first-order valence-corrected chi connectivity index (χ1v) is 6.43. The van der Waals surface area contributed by atoms with Gasteiger partial charge < -0.3 is 16.0 Å². The van der Waals surface area contributed by atoms with Gasteiger partial charge in [0.15, 0.2) is 0 Å². The standard InChI is InChI=1S/C14H19N3O2/c1-9-3-5-11(6-4-9)17-8-7-12(14(17)19)16-13(18)10(2)15/h3-6,10,12H,7-8,15H2,1-2H3,(H,16,18)/t10-,12?/m0/s1. The van der Waals surface area contributed by atoms with E-state index in [-0.39, 0.29) is 11.8 Å². The van der Waals surface area contributed by atoms with E-state index in [9.17, 15) is 9.59 Å². The Morgan fingerprint density at radius 3 is 2.63 bits per heavy atom. The number of amides is 2. The Morgan fingerprint density at radius 2 is 2.05 bits per heavy atom. The maximum absolute atomic E-state index is 12.2. The molecule has 1 heterocycles. The molecule has 0 saturated carbocycles. The van der Waals surface area contributed by atoms with Gasteiger partial charge in [-0.2, -0.15) is 0 Å². The zero-order valence-corrected chi connectivity index (χ0v) is 11.2. The lowest BCUT2D eigenvalue weighted by Gasteiger charge is -2.18. The van der Waals surface area contributed by atoms with Gasteiger partial charge in [0.1, 0.15) is 6.04 Å². The minimum atomic E-state index is -0.596. The van der Waals surface area contributed by atoms with E-state index in [4.69, 9.17) is 5.73 Å². The molecule has 1 aromatic carbocycles. The number of aryl methyl sites for hydroxylation is 1. The lowest BCUT2D eigenvalue weighted by molar-refractivity contribution is -0.127. The molecule has 2 rings (SSSR count). The predicted octanol–water partition coefficient (Wildman–Crippen LogP) is 0.564. The van der Waals surface area contributed by atoms with Crippen LogP contribution in [0.4, 0.5) is 5.69 Å². The second-order valence-corrected chi connectivity index (χ2v) is 4.96. The second-order valence-electron chi connectivity index (χ2n) is 4.96. The molecule has 1 aromatic rings. The maximum atomic E-state index is 12.2. The Hall–Kier alpha value is -1.88. The highest BCUT2D eigenvalue weighted by Crippen LogP contribution is 2.21. The molecule has 1 aliphatic heterocycles. The molecule has 2 amide bonds. The van der Waals surface area contributed by atoms with E-state index in [2.05, 4.69) is 5.32 Å². The molecule has 1 saturated heterocycles. The van der Waals surface area contributed by atoms with Crippen molar-refractivity contribution in [3.63, 3.8) is 0 Å². The molecular formula is C14H19N3O2. The zero-order chi connectivity index (χ0) is 14.0. The minimum Gasteiger partial charge on any atom is -0.343 e. The summed E-state index contributed by atoms with van der Waals surface area (Å²) in [5.41, 5.74) is 7.50. The Labute approximate surface area is 112 Å². The number of nitrogens with two attached hydrogens (primary N) is 1. The van der Waals surface area contributed by atoms with E-state index in [1.54, 1.807) is 11.8 Å². The first-order valence-electron chi connectivity index (χ1n) is 6.43. The van der Waals surface area contributed by atoms with Crippen LogP contribution in [-0.4, -0.2) is 30.4 Å². The van der Waals surface area contributed by atoms with E-state index in [1.807, 2.05) is 31.2 Å². The van der Waals surface area contributed by atoms with Gasteiger partial charge in [-0.05, 0) is 32.4 Å². The van der Waals surface area contributed by atoms with Gasteiger partial charge in [0.2, 0.25) is 11.8 Å². The van der Waals surface area contributed by atoms with E-state index >= 15 is 0 Å². The van der Waals surface area contributed by atoms with Crippen molar-refractivity contribution < 1.29 is 9.59 Å². The Morgan fingerprint density at radius 1 is 1.42 bits per heavy atom. The summed E-state index contributed by atoms with van der Waals surface area (Å²) in [4.78, 5) is 25.4. The molecule has 0 aliphatic carbocycles. The molecule has 5 heteroatoms. The SMILES string of the molecule is Cc1ccc(N2CCC(NC(=O)[C@H](C)N)C2=O)cc1. The number of rotatable bonds is 3. The van der Waals surface area contributed by atoms with Crippen LogP contribution in [0.25, 0.3) is 0 Å². The number of carbonyl (C=O) groups excluding carboxylic acids is 2. The quantitative estimate of drug-likeness (QED) is 0.835. The van der Waals surface area contributed by atoms with Crippen LogP contribution in [0.2, 0.25) is 0 Å². The molecule has 3 N–H and O–H groups in total. The number of anilines is 1. The minimum absolute atomic E-state index is 0.0714. The smallest absolute Gasteiger partial charge is 0.249 e. The Balaban J connectivity index is 2.05. The number of hydrogen-bond acceptors (Lipinski definition) is 3. The molecule has 0 bridgehead atoms. The van der Waals surface area contributed by atoms with Crippen molar-refractivity contribution in [2.75, 3.05) is 11.4 Å². The first kappa shape index (κ1) is 13.5. The van der Waals surface area contributed by atoms with E-state index in [1.165, 1.54) is 0 Å². The normalized spacial score (nSPS) is 20.5. The fourth-order valence-corrected chi connectivity index (χ4v) is 2.10. The van der Waals surface area contributed by atoms with Crippen LogP contribution < -0.4 is 16.0 Å². The number of hydrogen-bond donors (Lipinski definition) is 2. The predicted molar refractivity (Wildman–Crippen MR) is 73.7 cm³/mol. The van der Waals surface area contributed by atoms with Crippen molar-refractivity contribution in [3.05, 3.63) is 29.8 Å². The molecule has 1 fully saturated rings. The summed E-state index contributed by atoms with van der Waals surface area (Å²) < 4.78 is 0. The molecular weight excluding hydrogens is 242 g/mol. The summed E-state index contributed by atoms with van der Waals surface area (Å²) in [5, 5.41) is 2.68. The van der Waals surface area contributed by atoms with Gasteiger partial charge in [0, 0.05) is 12.2 Å². The van der Waals surface area contributed by atoms with Crippen LogP contribution in [0.15, 0.2) is 24.3 Å². The van der Waals surface area contributed by atoms with Crippen molar-refractivity contribution in [3.8, 4) is 0 Å². The lowest BCUT2D eigenvalue weighted by Crippen LogP contribution is -2.47. The Kier molecular flexibility index (Phi) is 3.85. The summed E-state index contributed by atoms with van der Waals surface area (Å²) in [6.07, 6.45) is 0.616. The van der Waals surface area contributed by atoms with Crippen molar-refractivity contribution in [2.24, 2.45) is 5.73 Å².